The summed E-state index contributed by atoms with van der Waals surface area (Å²) in [6.45, 7) is 2.18. The summed E-state index contributed by atoms with van der Waals surface area (Å²) in [6, 6.07) is 4.95. The molecule has 1 atom stereocenters. The Morgan fingerprint density at radius 1 is 1.44 bits per heavy atom. The fourth-order valence-corrected chi connectivity index (χ4v) is 2.52. The molecular weight excluding hydrogens is 207 g/mol. The van der Waals surface area contributed by atoms with Gasteiger partial charge in [0.25, 0.3) is 5.91 Å². The Morgan fingerprint density at radius 3 is 3.00 bits per heavy atom. The lowest BCUT2D eigenvalue weighted by Gasteiger charge is -2.22. The highest BCUT2D eigenvalue weighted by molar-refractivity contribution is 5.98. The molecular formula is C12H13FN2O. The Bertz CT molecular complexity index is 441. The standard InChI is InChI=1S/C12H13FN2O/c13-11-3-1-2-9-10(11)7-15(12(9)16)8-4-5-14-6-8/h1-3,8,14H,4-7H2. The van der Waals surface area contributed by atoms with Crippen molar-refractivity contribution in [1.29, 1.82) is 0 Å². The third-order valence-corrected chi connectivity index (χ3v) is 3.41. The second kappa shape index (κ2) is 3.56. The Morgan fingerprint density at radius 2 is 2.31 bits per heavy atom. The molecule has 1 amide bonds. The average molecular weight is 220 g/mol. The van der Waals surface area contributed by atoms with Crippen LogP contribution in [0, 0.1) is 5.82 Å². The first-order valence-corrected chi connectivity index (χ1v) is 5.56. The van der Waals surface area contributed by atoms with Crippen LogP contribution in [0.2, 0.25) is 0 Å². The molecule has 0 aliphatic carbocycles. The number of hydrogen-bond donors (Lipinski definition) is 1. The van der Waals surface area contributed by atoms with Crippen molar-refractivity contribution in [2.75, 3.05) is 13.1 Å². The van der Waals surface area contributed by atoms with Gasteiger partial charge in [-0.15, -0.1) is 0 Å². The number of rotatable bonds is 1. The maximum Gasteiger partial charge on any atom is 0.254 e. The Hall–Kier alpha value is -1.42. The number of fused-ring (bicyclic) bond motifs is 1. The first-order valence-electron chi connectivity index (χ1n) is 5.56. The van der Waals surface area contributed by atoms with Gasteiger partial charge in [0, 0.05) is 23.7 Å². The minimum absolute atomic E-state index is 0.0248. The minimum Gasteiger partial charge on any atom is -0.330 e. The van der Waals surface area contributed by atoms with E-state index in [4.69, 9.17) is 0 Å². The van der Waals surface area contributed by atoms with E-state index in [1.807, 2.05) is 0 Å². The summed E-state index contributed by atoms with van der Waals surface area (Å²) in [5.41, 5.74) is 1.09. The van der Waals surface area contributed by atoms with Gasteiger partial charge in [0.15, 0.2) is 0 Å². The highest BCUT2D eigenvalue weighted by atomic mass is 19.1. The lowest BCUT2D eigenvalue weighted by Crippen LogP contribution is -2.36. The van der Waals surface area contributed by atoms with Gasteiger partial charge in [-0.25, -0.2) is 4.39 Å². The van der Waals surface area contributed by atoms with Crippen molar-refractivity contribution in [2.24, 2.45) is 0 Å². The van der Waals surface area contributed by atoms with Gasteiger partial charge in [-0.1, -0.05) is 6.07 Å². The Labute approximate surface area is 93.2 Å². The van der Waals surface area contributed by atoms with E-state index < -0.39 is 0 Å². The molecule has 1 aromatic carbocycles. The van der Waals surface area contributed by atoms with E-state index in [1.54, 1.807) is 17.0 Å². The van der Waals surface area contributed by atoms with Crippen molar-refractivity contribution < 1.29 is 9.18 Å². The van der Waals surface area contributed by atoms with Gasteiger partial charge < -0.3 is 10.2 Å². The number of nitrogens with one attached hydrogen (secondary N) is 1. The maximum atomic E-state index is 13.5. The summed E-state index contributed by atoms with van der Waals surface area (Å²) < 4.78 is 13.5. The van der Waals surface area contributed by atoms with E-state index in [0.717, 1.165) is 19.5 Å². The predicted molar refractivity (Wildman–Crippen MR) is 57.5 cm³/mol. The molecule has 2 heterocycles. The lowest BCUT2D eigenvalue weighted by atomic mass is 10.1. The van der Waals surface area contributed by atoms with E-state index >= 15 is 0 Å². The number of carbonyl (C=O) groups excluding carboxylic acids is 1. The number of hydrogen-bond acceptors (Lipinski definition) is 2. The summed E-state index contributed by atoms with van der Waals surface area (Å²) in [5.74, 6) is -0.289. The van der Waals surface area contributed by atoms with E-state index in [2.05, 4.69) is 5.32 Å². The van der Waals surface area contributed by atoms with Crippen molar-refractivity contribution in [3.63, 3.8) is 0 Å². The molecule has 1 fully saturated rings. The van der Waals surface area contributed by atoms with Gasteiger partial charge in [0.05, 0.1) is 6.54 Å². The third kappa shape index (κ3) is 1.33. The smallest absolute Gasteiger partial charge is 0.254 e. The molecule has 84 valence electrons. The summed E-state index contributed by atoms with van der Waals surface area (Å²) in [6.07, 6.45) is 0.960. The van der Waals surface area contributed by atoms with Gasteiger partial charge in [0.1, 0.15) is 5.82 Å². The van der Waals surface area contributed by atoms with Crippen molar-refractivity contribution in [3.05, 3.63) is 35.1 Å². The zero-order valence-electron chi connectivity index (χ0n) is 8.87. The zero-order chi connectivity index (χ0) is 11.1. The first kappa shape index (κ1) is 9.78. The summed E-state index contributed by atoms with van der Waals surface area (Å²) in [4.78, 5) is 13.9. The van der Waals surface area contributed by atoms with Crippen LogP contribution in [0.25, 0.3) is 0 Å². The average Bonchev–Trinajstić information content (AvgIpc) is 2.88. The molecule has 3 nitrogen and oxygen atoms in total. The molecule has 0 spiro atoms. The monoisotopic (exact) mass is 220 g/mol. The van der Waals surface area contributed by atoms with Crippen LogP contribution in [0.5, 0.6) is 0 Å². The zero-order valence-corrected chi connectivity index (χ0v) is 8.87. The second-order valence-electron chi connectivity index (χ2n) is 4.35. The molecule has 1 aromatic rings. The second-order valence-corrected chi connectivity index (χ2v) is 4.35. The van der Waals surface area contributed by atoms with E-state index in [0.29, 0.717) is 17.7 Å². The summed E-state index contributed by atoms with van der Waals surface area (Å²) in [5, 5.41) is 3.22. The van der Waals surface area contributed by atoms with Crippen molar-refractivity contribution in [3.8, 4) is 0 Å². The Balaban J connectivity index is 1.94. The molecule has 0 radical (unpaired) electrons. The fraction of sp³-hybridized carbons (Fsp3) is 0.417. The molecule has 0 aromatic heterocycles. The van der Waals surface area contributed by atoms with Gasteiger partial charge in [-0.05, 0) is 25.1 Å². The van der Waals surface area contributed by atoms with Gasteiger partial charge >= 0.3 is 0 Å². The van der Waals surface area contributed by atoms with Crippen LogP contribution in [0.15, 0.2) is 18.2 Å². The van der Waals surface area contributed by atoms with Crippen molar-refractivity contribution in [1.82, 2.24) is 10.2 Å². The van der Waals surface area contributed by atoms with Crippen LogP contribution in [-0.4, -0.2) is 29.9 Å². The molecule has 1 saturated heterocycles. The summed E-state index contributed by atoms with van der Waals surface area (Å²) >= 11 is 0. The molecule has 3 rings (SSSR count). The molecule has 0 bridgehead atoms. The quantitative estimate of drug-likeness (QED) is 0.769. The summed E-state index contributed by atoms with van der Waals surface area (Å²) in [7, 11) is 0. The van der Waals surface area contributed by atoms with Crippen LogP contribution < -0.4 is 5.32 Å². The molecule has 1 N–H and O–H groups in total. The highest BCUT2D eigenvalue weighted by Crippen LogP contribution is 2.28. The normalized spacial score (nSPS) is 23.9. The molecule has 1 unspecified atom stereocenters. The predicted octanol–water partition coefficient (Wildman–Crippen LogP) is 1.14. The first-order chi connectivity index (χ1) is 7.77. The topological polar surface area (TPSA) is 32.3 Å². The van der Waals surface area contributed by atoms with Crippen molar-refractivity contribution in [2.45, 2.75) is 19.0 Å². The molecule has 2 aliphatic rings. The van der Waals surface area contributed by atoms with E-state index in [9.17, 15) is 9.18 Å². The SMILES string of the molecule is O=C1c2cccc(F)c2CN1C1CCNC1. The van der Waals surface area contributed by atoms with Crippen LogP contribution in [0.3, 0.4) is 0 Å². The fourth-order valence-electron chi connectivity index (χ4n) is 2.52. The van der Waals surface area contributed by atoms with Crippen LogP contribution in [0.1, 0.15) is 22.3 Å². The number of halogens is 1. The third-order valence-electron chi connectivity index (χ3n) is 3.41. The van der Waals surface area contributed by atoms with Gasteiger partial charge in [0.2, 0.25) is 0 Å². The number of amides is 1. The van der Waals surface area contributed by atoms with Gasteiger partial charge in [-0.3, -0.25) is 4.79 Å². The molecule has 16 heavy (non-hydrogen) atoms. The number of carbonyl (C=O) groups is 1. The molecule has 4 heteroatoms. The van der Waals surface area contributed by atoms with Crippen LogP contribution >= 0.6 is 0 Å². The minimum atomic E-state index is -0.265. The van der Waals surface area contributed by atoms with Crippen molar-refractivity contribution >= 4 is 5.91 Å². The highest BCUT2D eigenvalue weighted by Gasteiger charge is 2.35. The van der Waals surface area contributed by atoms with Gasteiger partial charge in [-0.2, -0.15) is 0 Å². The number of benzene rings is 1. The largest absolute Gasteiger partial charge is 0.330 e. The Kier molecular flexibility index (Phi) is 2.17. The van der Waals surface area contributed by atoms with Crippen LogP contribution in [-0.2, 0) is 6.54 Å². The lowest BCUT2D eigenvalue weighted by molar-refractivity contribution is 0.0717. The van der Waals surface area contributed by atoms with Crippen LogP contribution in [0.4, 0.5) is 4.39 Å². The van der Waals surface area contributed by atoms with E-state index in [1.165, 1.54) is 6.07 Å². The number of nitrogens with zero attached hydrogens (tertiary/aromatic N) is 1. The van der Waals surface area contributed by atoms with E-state index in [-0.39, 0.29) is 17.8 Å². The maximum absolute atomic E-state index is 13.5. The molecule has 2 aliphatic heterocycles. The molecule has 0 saturated carbocycles.